The lowest BCUT2D eigenvalue weighted by molar-refractivity contribution is 1.66. The highest BCUT2D eigenvalue weighted by atomic mass is 32.1. The minimum Gasteiger partial charge on any atom is -0.135 e. The average molecular weight is 719 g/mol. The molecule has 0 radical (unpaired) electrons. The van der Waals surface area contributed by atoms with Crippen molar-refractivity contribution in [2.45, 2.75) is 0 Å². The lowest BCUT2D eigenvalue weighted by atomic mass is 9.84. The summed E-state index contributed by atoms with van der Waals surface area (Å²) in [6.07, 6.45) is 0. The SMILES string of the molecule is c1ccc(-c2c3ccccc3c(-c3ccc(-c4ccc5c(c4)sc4ccc6c7ccc8ccccc8c7sc6c45)c4ccccc34)c3ccccc23)cc1. The van der Waals surface area contributed by atoms with Crippen molar-refractivity contribution in [3.63, 3.8) is 0 Å². The van der Waals surface area contributed by atoms with E-state index in [1.807, 2.05) is 22.7 Å². The van der Waals surface area contributed by atoms with Gasteiger partial charge in [0.15, 0.2) is 0 Å². The number of hydrogen-bond donors (Lipinski definition) is 0. The van der Waals surface area contributed by atoms with Crippen LogP contribution in [0.5, 0.6) is 0 Å². The van der Waals surface area contributed by atoms with E-state index in [1.54, 1.807) is 0 Å². The lowest BCUT2D eigenvalue weighted by Gasteiger charge is -2.19. The summed E-state index contributed by atoms with van der Waals surface area (Å²) in [5, 5.41) is 15.8. The zero-order chi connectivity index (χ0) is 35.3. The first-order chi connectivity index (χ1) is 26.8. The maximum atomic E-state index is 2.43. The number of fused-ring (bicyclic) bond motifs is 12. The highest BCUT2D eigenvalue weighted by molar-refractivity contribution is 7.30. The van der Waals surface area contributed by atoms with Crippen LogP contribution in [0.25, 0.3) is 117 Å². The van der Waals surface area contributed by atoms with Crippen LogP contribution in [0.2, 0.25) is 0 Å². The smallest absolute Gasteiger partial charge is 0.0448 e. The molecule has 54 heavy (non-hydrogen) atoms. The van der Waals surface area contributed by atoms with Gasteiger partial charge in [-0.2, -0.15) is 0 Å². The maximum Gasteiger partial charge on any atom is 0.0448 e. The van der Waals surface area contributed by atoms with E-state index in [4.69, 9.17) is 0 Å². The molecule has 0 aliphatic rings. The van der Waals surface area contributed by atoms with Gasteiger partial charge in [0.25, 0.3) is 0 Å². The predicted molar refractivity (Wildman–Crippen MR) is 239 cm³/mol. The van der Waals surface area contributed by atoms with E-state index in [0.29, 0.717) is 0 Å². The monoisotopic (exact) mass is 718 g/mol. The van der Waals surface area contributed by atoms with Crippen LogP contribution in [-0.4, -0.2) is 0 Å². The quantitative estimate of drug-likeness (QED) is 0.160. The largest absolute Gasteiger partial charge is 0.135 e. The van der Waals surface area contributed by atoms with Gasteiger partial charge in [0.05, 0.1) is 0 Å². The number of thiophene rings is 2. The summed E-state index contributed by atoms with van der Waals surface area (Å²) in [5.41, 5.74) is 7.62. The van der Waals surface area contributed by atoms with Crippen molar-refractivity contribution in [1.82, 2.24) is 0 Å². The second kappa shape index (κ2) is 11.6. The zero-order valence-corrected chi connectivity index (χ0v) is 30.8. The summed E-state index contributed by atoms with van der Waals surface area (Å²) in [4.78, 5) is 0. The summed E-state index contributed by atoms with van der Waals surface area (Å²) >= 11 is 3.86. The van der Waals surface area contributed by atoms with Crippen LogP contribution in [0, 0.1) is 0 Å². The Morgan fingerprint density at radius 1 is 0.278 bits per heavy atom. The molecule has 12 aromatic rings. The topological polar surface area (TPSA) is 0 Å². The molecule has 250 valence electrons. The molecular formula is C52H30S2. The van der Waals surface area contributed by atoms with Gasteiger partial charge in [-0.25, -0.2) is 0 Å². The van der Waals surface area contributed by atoms with Crippen LogP contribution in [0.1, 0.15) is 0 Å². The molecule has 0 atom stereocenters. The van der Waals surface area contributed by atoms with Gasteiger partial charge in [-0.05, 0) is 88.6 Å². The number of benzene rings is 10. The van der Waals surface area contributed by atoms with Crippen molar-refractivity contribution < 1.29 is 0 Å². The fourth-order valence-corrected chi connectivity index (χ4v) is 11.7. The molecule has 2 heteroatoms. The molecule has 0 amide bonds. The summed E-state index contributed by atoms with van der Waals surface area (Å²) < 4.78 is 5.46. The van der Waals surface area contributed by atoms with Gasteiger partial charge in [-0.1, -0.05) is 170 Å². The van der Waals surface area contributed by atoms with Gasteiger partial charge in [0.2, 0.25) is 0 Å². The van der Waals surface area contributed by atoms with E-state index >= 15 is 0 Å². The third kappa shape index (κ3) is 4.30. The van der Waals surface area contributed by atoms with E-state index in [2.05, 4.69) is 182 Å². The molecule has 0 unspecified atom stereocenters. The van der Waals surface area contributed by atoms with Gasteiger partial charge >= 0.3 is 0 Å². The molecule has 2 heterocycles. The zero-order valence-electron chi connectivity index (χ0n) is 29.1. The van der Waals surface area contributed by atoms with Crippen molar-refractivity contribution in [2.75, 3.05) is 0 Å². The molecule has 12 rings (SSSR count). The fraction of sp³-hybridized carbons (Fsp3) is 0. The average Bonchev–Trinajstić information content (AvgIpc) is 3.81. The summed E-state index contributed by atoms with van der Waals surface area (Å²) in [5.74, 6) is 0. The third-order valence-electron chi connectivity index (χ3n) is 11.5. The normalized spacial score (nSPS) is 12.1. The van der Waals surface area contributed by atoms with Gasteiger partial charge in [0, 0.05) is 40.3 Å². The molecule has 0 aliphatic heterocycles. The van der Waals surface area contributed by atoms with Gasteiger partial charge in [-0.15, -0.1) is 22.7 Å². The predicted octanol–water partition coefficient (Wildman–Crippen LogP) is 16.0. The van der Waals surface area contributed by atoms with Crippen molar-refractivity contribution in [2.24, 2.45) is 0 Å². The molecule has 0 N–H and O–H groups in total. The molecule has 0 nitrogen and oxygen atoms in total. The molecule has 0 saturated heterocycles. The first-order valence-corrected chi connectivity index (χ1v) is 20.1. The summed E-state index contributed by atoms with van der Waals surface area (Å²) in [6.45, 7) is 0. The number of rotatable bonds is 3. The van der Waals surface area contributed by atoms with Crippen molar-refractivity contribution >= 4 is 106 Å². The molecular weight excluding hydrogens is 689 g/mol. The highest BCUT2D eigenvalue weighted by Gasteiger charge is 2.20. The minimum absolute atomic E-state index is 1.25. The van der Waals surface area contributed by atoms with Gasteiger partial charge < -0.3 is 0 Å². The maximum absolute atomic E-state index is 2.43. The Balaban J connectivity index is 1.07. The molecule has 0 saturated carbocycles. The first-order valence-electron chi connectivity index (χ1n) is 18.5. The Morgan fingerprint density at radius 2 is 0.833 bits per heavy atom. The molecule has 0 aliphatic carbocycles. The Kier molecular flexibility index (Phi) is 6.48. The Bertz CT molecular complexity index is 3430. The van der Waals surface area contributed by atoms with Crippen LogP contribution in [0.3, 0.4) is 0 Å². The molecule has 10 aromatic carbocycles. The third-order valence-corrected chi connectivity index (χ3v) is 13.9. The Morgan fingerprint density at radius 3 is 1.57 bits per heavy atom. The van der Waals surface area contributed by atoms with Crippen molar-refractivity contribution in [1.29, 1.82) is 0 Å². The van der Waals surface area contributed by atoms with Crippen LogP contribution < -0.4 is 0 Å². The standard InChI is InChI=1S/C52H30S2/c1-2-13-32(14-3-1)48-38-18-8-10-20-40(38)49(41-21-11-9-19-39(41)48)42-27-26-34(36-16-6-7-17-37(36)42)33-23-25-45-47(30-33)53-46-29-28-44-43-24-22-31-12-4-5-15-35(31)51(43)54-52(44)50(45)46/h1-30H. The Hall–Kier alpha value is -6.32. The second-order valence-electron chi connectivity index (χ2n) is 14.3. The van der Waals surface area contributed by atoms with E-state index in [-0.39, 0.29) is 0 Å². The van der Waals surface area contributed by atoms with Crippen LogP contribution in [0.4, 0.5) is 0 Å². The molecule has 2 aromatic heterocycles. The van der Waals surface area contributed by atoms with Crippen molar-refractivity contribution in [3.05, 3.63) is 182 Å². The molecule has 0 spiro atoms. The number of hydrogen-bond acceptors (Lipinski definition) is 2. The first kappa shape index (κ1) is 30.2. The molecule has 0 bridgehead atoms. The second-order valence-corrected chi connectivity index (χ2v) is 16.4. The Labute approximate surface area is 319 Å². The van der Waals surface area contributed by atoms with E-state index in [1.165, 1.54) is 117 Å². The van der Waals surface area contributed by atoms with E-state index < -0.39 is 0 Å². The summed E-state index contributed by atoms with van der Waals surface area (Å²) in [6, 6.07) is 67.6. The van der Waals surface area contributed by atoms with Crippen LogP contribution in [0.15, 0.2) is 182 Å². The summed E-state index contributed by atoms with van der Waals surface area (Å²) in [7, 11) is 0. The van der Waals surface area contributed by atoms with Crippen LogP contribution >= 0.6 is 22.7 Å². The minimum atomic E-state index is 1.25. The lowest BCUT2D eigenvalue weighted by Crippen LogP contribution is -1.92. The molecule has 0 fully saturated rings. The van der Waals surface area contributed by atoms with Gasteiger partial charge in [0.1, 0.15) is 0 Å². The van der Waals surface area contributed by atoms with Gasteiger partial charge in [-0.3, -0.25) is 0 Å². The van der Waals surface area contributed by atoms with E-state index in [0.717, 1.165) is 0 Å². The van der Waals surface area contributed by atoms with Crippen molar-refractivity contribution in [3.8, 4) is 33.4 Å². The fourth-order valence-electron chi connectivity index (χ4n) is 9.09. The van der Waals surface area contributed by atoms with E-state index in [9.17, 15) is 0 Å². The van der Waals surface area contributed by atoms with Crippen LogP contribution in [-0.2, 0) is 0 Å². The highest BCUT2D eigenvalue weighted by Crippen LogP contribution is 2.49.